The Morgan fingerprint density at radius 2 is 1.95 bits per heavy atom. The normalized spacial score (nSPS) is 20.8. The van der Waals surface area contributed by atoms with Crippen molar-refractivity contribution in [3.8, 4) is 5.75 Å². The molecule has 106 valence electrons. The number of hydrogen-bond acceptors (Lipinski definition) is 3. The summed E-state index contributed by atoms with van der Waals surface area (Å²) in [5, 5.41) is 12.7. The summed E-state index contributed by atoms with van der Waals surface area (Å²) in [7, 11) is 1.67. The van der Waals surface area contributed by atoms with E-state index in [-0.39, 0.29) is 6.10 Å². The number of aliphatic hydroxyl groups is 1. The monoisotopic (exact) mass is 272 g/mol. The van der Waals surface area contributed by atoms with E-state index in [0.29, 0.717) is 0 Å². The van der Waals surface area contributed by atoms with E-state index in [0.717, 1.165) is 48.0 Å². The van der Waals surface area contributed by atoms with Crippen LogP contribution in [0.25, 0.3) is 10.8 Å². The first-order chi connectivity index (χ1) is 9.78. The predicted octanol–water partition coefficient (Wildman–Crippen LogP) is 3.45. The van der Waals surface area contributed by atoms with Gasteiger partial charge in [-0.1, -0.05) is 18.2 Å². The molecule has 2 aromatic carbocycles. The van der Waals surface area contributed by atoms with Gasteiger partial charge in [0.25, 0.3) is 0 Å². The maximum Gasteiger partial charge on any atom is 0.119 e. The second kappa shape index (κ2) is 5.81. The molecule has 0 bridgehead atoms. The van der Waals surface area contributed by atoms with Gasteiger partial charge in [-0.2, -0.15) is 0 Å². The van der Waals surface area contributed by atoms with Crippen molar-refractivity contribution in [1.82, 2.24) is 0 Å². The summed E-state index contributed by atoms with van der Waals surface area (Å²) in [4.78, 5) is 0. The average Bonchev–Trinajstić information content (AvgIpc) is 2.54. The van der Waals surface area contributed by atoms with Gasteiger partial charge in [0.1, 0.15) is 11.9 Å². The van der Waals surface area contributed by atoms with Gasteiger partial charge in [0.2, 0.25) is 0 Å². The Balaban J connectivity index is 1.88. The van der Waals surface area contributed by atoms with E-state index in [4.69, 9.17) is 9.47 Å². The SMILES string of the molecule is COc1ccc2cc(C(O)C3CCCCO3)ccc2c1. The highest BCUT2D eigenvalue weighted by molar-refractivity contribution is 5.84. The summed E-state index contributed by atoms with van der Waals surface area (Å²) in [6.07, 6.45) is 2.55. The highest BCUT2D eigenvalue weighted by atomic mass is 16.5. The maximum absolute atomic E-state index is 10.5. The minimum atomic E-state index is -0.540. The zero-order chi connectivity index (χ0) is 13.9. The summed E-state index contributed by atoms with van der Waals surface area (Å²) in [5.74, 6) is 0.849. The van der Waals surface area contributed by atoms with Gasteiger partial charge in [-0.3, -0.25) is 0 Å². The quantitative estimate of drug-likeness (QED) is 0.930. The molecule has 20 heavy (non-hydrogen) atoms. The fourth-order valence-corrected chi connectivity index (χ4v) is 2.78. The van der Waals surface area contributed by atoms with E-state index < -0.39 is 6.10 Å². The van der Waals surface area contributed by atoms with Crippen LogP contribution in [0.1, 0.15) is 30.9 Å². The van der Waals surface area contributed by atoms with Crippen LogP contribution in [0.2, 0.25) is 0 Å². The molecule has 0 spiro atoms. The highest BCUT2D eigenvalue weighted by Gasteiger charge is 2.23. The number of methoxy groups -OCH3 is 1. The molecule has 2 atom stereocenters. The molecule has 0 aliphatic carbocycles. The lowest BCUT2D eigenvalue weighted by atomic mass is 9.96. The minimum absolute atomic E-state index is 0.0700. The molecular formula is C17H20O3. The van der Waals surface area contributed by atoms with Crippen molar-refractivity contribution in [2.24, 2.45) is 0 Å². The van der Waals surface area contributed by atoms with Crippen LogP contribution in [0, 0.1) is 0 Å². The van der Waals surface area contributed by atoms with E-state index >= 15 is 0 Å². The van der Waals surface area contributed by atoms with E-state index in [9.17, 15) is 5.11 Å². The number of benzene rings is 2. The Bertz CT molecular complexity index is 588. The molecule has 0 saturated carbocycles. The van der Waals surface area contributed by atoms with Crippen molar-refractivity contribution in [3.63, 3.8) is 0 Å². The molecule has 3 rings (SSSR count). The molecular weight excluding hydrogens is 252 g/mol. The molecule has 1 aliphatic rings. The van der Waals surface area contributed by atoms with Gasteiger partial charge in [-0.15, -0.1) is 0 Å². The highest BCUT2D eigenvalue weighted by Crippen LogP contribution is 2.29. The van der Waals surface area contributed by atoms with E-state index in [2.05, 4.69) is 0 Å². The van der Waals surface area contributed by atoms with Crippen molar-refractivity contribution in [1.29, 1.82) is 0 Å². The van der Waals surface area contributed by atoms with Crippen molar-refractivity contribution in [2.75, 3.05) is 13.7 Å². The minimum Gasteiger partial charge on any atom is -0.497 e. The maximum atomic E-state index is 10.5. The molecule has 3 heteroatoms. The molecule has 2 unspecified atom stereocenters. The van der Waals surface area contributed by atoms with Crippen molar-refractivity contribution < 1.29 is 14.6 Å². The first kappa shape index (κ1) is 13.4. The van der Waals surface area contributed by atoms with Crippen molar-refractivity contribution >= 4 is 10.8 Å². The lowest BCUT2D eigenvalue weighted by Crippen LogP contribution is -2.26. The molecule has 1 aliphatic heterocycles. The zero-order valence-electron chi connectivity index (χ0n) is 11.7. The summed E-state index contributed by atoms with van der Waals surface area (Å²) in [5.41, 5.74) is 0.926. The molecule has 1 heterocycles. The van der Waals surface area contributed by atoms with Crippen LogP contribution in [0.3, 0.4) is 0 Å². The van der Waals surface area contributed by atoms with Gasteiger partial charge in [-0.05, 0) is 53.8 Å². The molecule has 0 aromatic heterocycles. The second-order valence-corrected chi connectivity index (χ2v) is 5.32. The fourth-order valence-electron chi connectivity index (χ4n) is 2.78. The Morgan fingerprint density at radius 1 is 1.15 bits per heavy atom. The van der Waals surface area contributed by atoms with Crippen LogP contribution < -0.4 is 4.74 Å². The Morgan fingerprint density at radius 3 is 2.70 bits per heavy atom. The van der Waals surface area contributed by atoms with Crippen LogP contribution in [-0.4, -0.2) is 24.9 Å². The van der Waals surface area contributed by atoms with Crippen LogP contribution in [0.15, 0.2) is 36.4 Å². The topological polar surface area (TPSA) is 38.7 Å². The largest absolute Gasteiger partial charge is 0.497 e. The Kier molecular flexibility index (Phi) is 3.90. The van der Waals surface area contributed by atoms with Gasteiger partial charge in [-0.25, -0.2) is 0 Å². The van der Waals surface area contributed by atoms with E-state index in [1.54, 1.807) is 7.11 Å². The van der Waals surface area contributed by atoms with Crippen LogP contribution in [0.5, 0.6) is 5.75 Å². The lowest BCUT2D eigenvalue weighted by Gasteiger charge is -2.27. The Hall–Kier alpha value is -1.58. The molecule has 0 radical (unpaired) electrons. The van der Waals surface area contributed by atoms with Gasteiger partial charge in [0, 0.05) is 6.61 Å². The summed E-state index contributed by atoms with van der Waals surface area (Å²) in [6.45, 7) is 0.756. The molecule has 1 N–H and O–H groups in total. The first-order valence-electron chi connectivity index (χ1n) is 7.15. The van der Waals surface area contributed by atoms with Crippen LogP contribution in [-0.2, 0) is 4.74 Å². The number of aliphatic hydroxyl groups excluding tert-OH is 1. The second-order valence-electron chi connectivity index (χ2n) is 5.32. The van der Waals surface area contributed by atoms with E-state index in [1.165, 1.54) is 0 Å². The van der Waals surface area contributed by atoms with E-state index in [1.807, 2.05) is 36.4 Å². The third kappa shape index (κ3) is 2.65. The molecule has 1 saturated heterocycles. The van der Waals surface area contributed by atoms with Gasteiger partial charge in [0.05, 0.1) is 13.2 Å². The van der Waals surface area contributed by atoms with Gasteiger partial charge in [0.15, 0.2) is 0 Å². The number of rotatable bonds is 3. The predicted molar refractivity (Wildman–Crippen MR) is 79.1 cm³/mol. The van der Waals surface area contributed by atoms with Crippen LogP contribution in [0.4, 0.5) is 0 Å². The number of ether oxygens (including phenoxy) is 2. The summed E-state index contributed by atoms with van der Waals surface area (Å²) in [6, 6.07) is 12.0. The molecule has 1 fully saturated rings. The molecule has 2 aromatic rings. The molecule has 3 nitrogen and oxygen atoms in total. The third-order valence-electron chi connectivity index (χ3n) is 3.98. The zero-order valence-corrected chi connectivity index (χ0v) is 11.7. The number of hydrogen-bond donors (Lipinski definition) is 1. The lowest BCUT2D eigenvalue weighted by molar-refractivity contribution is -0.0632. The first-order valence-corrected chi connectivity index (χ1v) is 7.15. The van der Waals surface area contributed by atoms with Crippen LogP contribution >= 0.6 is 0 Å². The third-order valence-corrected chi connectivity index (χ3v) is 3.98. The fraction of sp³-hybridized carbons (Fsp3) is 0.412. The Labute approximate surface area is 119 Å². The van der Waals surface area contributed by atoms with Crippen molar-refractivity contribution in [3.05, 3.63) is 42.0 Å². The molecule has 0 amide bonds. The summed E-state index contributed by atoms with van der Waals surface area (Å²) >= 11 is 0. The van der Waals surface area contributed by atoms with Gasteiger partial charge >= 0.3 is 0 Å². The smallest absolute Gasteiger partial charge is 0.119 e. The standard InChI is InChI=1S/C17H20O3/c1-19-15-8-7-12-10-14(6-5-13(12)11-15)17(18)16-4-2-3-9-20-16/h5-8,10-11,16-18H,2-4,9H2,1H3. The average molecular weight is 272 g/mol. The summed E-state index contributed by atoms with van der Waals surface area (Å²) < 4.78 is 10.9. The van der Waals surface area contributed by atoms with Gasteiger partial charge < -0.3 is 14.6 Å². The van der Waals surface area contributed by atoms with Crippen molar-refractivity contribution in [2.45, 2.75) is 31.5 Å². The number of fused-ring (bicyclic) bond motifs is 1.